The maximum Gasteiger partial charge on any atom is 0.303 e. The van der Waals surface area contributed by atoms with Crippen LogP contribution in [0.1, 0.15) is 44.1 Å². The molecule has 32 heavy (non-hydrogen) atoms. The van der Waals surface area contributed by atoms with Gasteiger partial charge in [0, 0.05) is 23.6 Å². The molecule has 0 bridgehead atoms. The zero-order valence-electron chi connectivity index (χ0n) is 18.0. The highest BCUT2D eigenvalue weighted by atomic mass is 16.5. The molecule has 4 rings (SSSR count). The average Bonchev–Trinajstić information content (AvgIpc) is 3.24. The van der Waals surface area contributed by atoms with E-state index in [2.05, 4.69) is 4.99 Å². The number of nitrogens with zero attached hydrogens (tertiary/aromatic N) is 2. The molecule has 7 heteroatoms. The van der Waals surface area contributed by atoms with Gasteiger partial charge in [0.1, 0.15) is 5.75 Å². The number of aromatic hydroxyl groups is 1. The SMILES string of the molecule is COc1ccc2c(c1)c(C1=c3ccccc3=NC1=O)c(O)n2CCCCCCCC(=O)O. The minimum absolute atomic E-state index is 0.0504. The number of carboxylic acids is 1. The fourth-order valence-corrected chi connectivity index (χ4v) is 4.30. The smallest absolute Gasteiger partial charge is 0.303 e. The largest absolute Gasteiger partial charge is 0.497 e. The topological polar surface area (TPSA) is 101 Å². The highest BCUT2D eigenvalue weighted by Crippen LogP contribution is 2.38. The number of aliphatic carboxylic acids is 1. The van der Waals surface area contributed by atoms with Crippen LogP contribution in [-0.2, 0) is 16.1 Å². The summed E-state index contributed by atoms with van der Waals surface area (Å²) in [6.07, 6.45) is 4.46. The fourth-order valence-electron chi connectivity index (χ4n) is 4.30. The number of rotatable bonds is 10. The molecule has 1 amide bonds. The number of carbonyl (C=O) groups excluding carboxylic acids is 1. The van der Waals surface area contributed by atoms with E-state index in [4.69, 9.17) is 9.84 Å². The molecule has 0 saturated carbocycles. The molecular weight excluding hydrogens is 408 g/mol. The molecule has 2 aromatic carbocycles. The summed E-state index contributed by atoms with van der Waals surface area (Å²) in [5.74, 6) is -0.425. The van der Waals surface area contributed by atoms with Gasteiger partial charge in [-0.1, -0.05) is 37.5 Å². The van der Waals surface area contributed by atoms with Crippen molar-refractivity contribution in [1.29, 1.82) is 0 Å². The van der Waals surface area contributed by atoms with Crippen LogP contribution in [0.4, 0.5) is 0 Å². The van der Waals surface area contributed by atoms with Gasteiger partial charge in [-0.05, 0) is 37.1 Å². The molecule has 3 aromatic rings. The summed E-state index contributed by atoms with van der Waals surface area (Å²) in [6, 6.07) is 12.9. The second kappa shape index (κ2) is 9.26. The number of hydrogen-bond acceptors (Lipinski definition) is 4. The van der Waals surface area contributed by atoms with Crippen LogP contribution in [0.3, 0.4) is 0 Å². The van der Waals surface area contributed by atoms with E-state index >= 15 is 0 Å². The third-order valence-corrected chi connectivity index (χ3v) is 5.87. The van der Waals surface area contributed by atoms with Crippen molar-refractivity contribution in [2.75, 3.05) is 7.11 Å². The molecule has 0 radical (unpaired) electrons. The van der Waals surface area contributed by atoms with Crippen LogP contribution in [0.25, 0.3) is 16.5 Å². The van der Waals surface area contributed by atoms with Crippen molar-refractivity contribution in [3.8, 4) is 11.6 Å². The molecule has 0 saturated heterocycles. The molecule has 1 aliphatic rings. The number of hydrogen-bond donors (Lipinski definition) is 2. The Bertz CT molecular complexity index is 1310. The predicted octanol–water partition coefficient (Wildman–Crippen LogP) is 3.14. The maximum atomic E-state index is 12.8. The third kappa shape index (κ3) is 4.10. The zero-order chi connectivity index (χ0) is 22.7. The Morgan fingerprint density at radius 3 is 2.59 bits per heavy atom. The first-order chi connectivity index (χ1) is 15.5. The van der Waals surface area contributed by atoms with Gasteiger partial charge >= 0.3 is 5.97 Å². The molecule has 166 valence electrons. The number of carbonyl (C=O) groups is 2. The van der Waals surface area contributed by atoms with Crippen molar-refractivity contribution in [3.63, 3.8) is 0 Å². The van der Waals surface area contributed by atoms with Gasteiger partial charge in [0.15, 0.2) is 5.88 Å². The van der Waals surface area contributed by atoms with Gasteiger partial charge in [-0.3, -0.25) is 9.59 Å². The van der Waals surface area contributed by atoms with E-state index < -0.39 is 5.97 Å². The predicted molar refractivity (Wildman–Crippen MR) is 120 cm³/mol. The summed E-state index contributed by atoms with van der Waals surface area (Å²) in [5, 5.41) is 22.0. The summed E-state index contributed by atoms with van der Waals surface area (Å²) >= 11 is 0. The van der Waals surface area contributed by atoms with Gasteiger partial charge in [0.2, 0.25) is 0 Å². The Hall–Kier alpha value is -3.61. The van der Waals surface area contributed by atoms with Crippen LogP contribution in [0, 0.1) is 0 Å². The van der Waals surface area contributed by atoms with E-state index in [0.717, 1.165) is 36.6 Å². The molecule has 2 heterocycles. The number of aromatic nitrogens is 1. The van der Waals surface area contributed by atoms with Crippen molar-refractivity contribution in [3.05, 3.63) is 58.6 Å². The summed E-state index contributed by atoms with van der Waals surface area (Å²) < 4.78 is 7.22. The van der Waals surface area contributed by atoms with Crippen LogP contribution < -0.4 is 15.3 Å². The lowest BCUT2D eigenvalue weighted by molar-refractivity contribution is -0.137. The molecular formula is C25H26N2O5. The second-order valence-corrected chi connectivity index (χ2v) is 7.95. The van der Waals surface area contributed by atoms with E-state index in [0.29, 0.717) is 40.4 Å². The number of unbranched alkanes of at least 4 members (excludes halogenated alkanes) is 4. The summed E-state index contributed by atoms with van der Waals surface area (Å²) in [4.78, 5) is 27.6. The van der Waals surface area contributed by atoms with Crippen LogP contribution in [0.5, 0.6) is 11.6 Å². The second-order valence-electron chi connectivity index (χ2n) is 7.95. The first kappa shape index (κ1) is 21.6. The standard InChI is InChI=1S/C25H26N2O5/c1-32-16-12-13-20-18(15-16)23(22-17-9-6-7-10-19(17)26-24(22)30)25(31)27(20)14-8-4-2-3-5-11-21(28)29/h6-7,9-10,12-13,15,31H,2-5,8,11,14H2,1H3,(H,28,29). The Kier molecular flexibility index (Phi) is 6.25. The van der Waals surface area contributed by atoms with Gasteiger partial charge in [-0.2, -0.15) is 0 Å². The molecule has 1 aliphatic heterocycles. The van der Waals surface area contributed by atoms with Gasteiger partial charge in [-0.15, -0.1) is 0 Å². The van der Waals surface area contributed by atoms with Crippen molar-refractivity contribution < 1.29 is 24.5 Å². The van der Waals surface area contributed by atoms with E-state index in [1.807, 2.05) is 41.0 Å². The van der Waals surface area contributed by atoms with Crippen molar-refractivity contribution in [2.45, 2.75) is 45.1 Å². The highest BCUT2D eigenvalue weighted by molar-refractivity contribution is 6.25. The summed E-state index contributed by atoms with van der Waals surface area (Å²) in [5.41, 5.74) is 1.72. The Labute approximate surface area is 185 Å². The number of benzene rings is 2. The maximum absolute atomic E-state index is 12.8. The molecule has 0 fully saturated rings. The van der Waals surface area contributed by atoms with Gasteiger partial charge < -0.3 is 19.5 Å². The van der Waals surface area contributed by atoms with E-state index in [9.17, 15) is 14.7 Å². The summed E-state index contributed by atoms with van der Waals surface area (Å²) in [6.45, 7) is 0.591. The monoisotopic (exact) mass is 434 g/mol. The molecule has 0 unspecified atom stereocenters. The third-order valence-electron chi connectivity index (χ3n) is 5.87. The number of aryl methyl sites for hydroxylation is 1. The minimum Gasteiger partial charge on any atom is -0.497 e. The normalized spacial score (nSPS) is 12.8. The summed E-state index contributed by atoms with van der Waals surface area (Å²) in [7, 11) is 1.58. The van der Waals surface area contributed by atoms with Gasteiger partial charge in [0.25, 0.3) is 5.91 Å². The number of fused-ring (bicyclic) bond motifs is 2. The molecule has 0 atom stereocenters. The Morgan fingerprint density at radius 1 is 1.06 bits per heavy atom. The minimum atomic E-state index is -0.760. The lowest BCUT2D eigenvalue weighted by atomic mass is 10.0. The van der Waals surface area contributed by atoms with Gasteiger partial charge in [-0.25, -0.2) is 4.99 Å². The lowest BCUT2D eigenvalue weighted by Gasteiger charge is -2.08. The molecule has 2 N–H and O–H groups in total. The van der Waals surface area contributed by atoms with E-state index in [-0.39, 0.29) is 18.2 Å². The van der Waals surface area contributed by atoms with Crippen LogP contribution in [0.15, 0.2) is 47.5 Å². The van der Waals surface area contributed by atoms with Crippen molar-refractivity contribution in [1.82, 2.24) is 4.57 Å². The average molecular weight is 434 g/mol. The number of methoxy groups -OCH3 is 1. The molecule has 1 aromatic heterocycles. The van der Waals surface area contributed by atoms with E-state index in [1.54, 1.807) is 13.2 Å². The first-order valence-corrected chi connectivity index (χ1v) is 10.8. The molecule has 7 nitrogen and oxygen atoms in total. The molecule has 0 spiro atoms. The lowest BCUT2D eigenvalue weighted by Crippen LogP contribution is -2.22. The van der Waals surface area contributed by atoms with Crippen LogP contribution in [0.2, 0.25) is 0 Å². The molecule has 0 aliphatic carbocycles. The Morgan fingerprint density at radius 2 is 1.81 bits per heavy atom. The van der Waals surface area contributed by atoms with E-state index in [1.165, 1.54) is 0 Å². The number of para-hydroxylation sites is 1. The van der Waals surface area contributed by atoms with Crippen LogP contribution >= 0.6 is 0 Å². The number of carboxylic acid groups (broad SMARTS) is 1. The van der Waals surface area contributed by atoms with Crippen molar-refractivity contribution in [2.24, 2.45) is 4.99 Å². The quantitative estimate of drug-likeness (QED) is 0.478. The van der Waals surface area contributed by atoms with Gasteiger partial charge in [0.05, 0.1) is 29.1 Å². The Balaban J connectivity index is 1.68. The van der Waals surface area contributed by atoms with Crippen molar-refractivity contribution >= 4 is 28.4 Å². The highest BCUT2D eigenvalue weighted by Gasteiger charge is 2.27. The zero-order valence-corrected chi connectivity index (χ0v) is 18.0. The fraction of sp³-hybridized carbons (Fsp3) is 0.320. The van der Waals surface area contributed by atoms with Crippen LogP contribution in [-0.4, -0.2) is 33.8 Å². The number of amides is 1. The first-order valence-electron chi connectivity index (χ1n) is 10.8. The number of ether oxygens (including phenoxy) is 1.